The molecule has 0 heterocycles. The zero-order valence-electron chi connectivity index (χ0n) is 11.3. The minimum atomic E-state index is -0.500. The van der Waals surface area contributed by atoms with Crippen LogP contribution in [0.5, 0.6) is 0 Å². The molecule has 1 unspecified atom stereocenters. The maximum atomic E-state index is 13.0. The summed E-state index contributed by atoms with van der Waals surface area (Å²) in [6, 6.07) is 3.62. The lowest BCUT2D eigenvalue weighted by molar-refractivity contribution is 0.0754. The molecule has 0 fully saturated rings. The second-order valence-electron chi connectivity index (χ2n) is 4.39. The van der Waals surface area contributed by atoms with Crippen LogP contribution in [0.1, 0.15) is 24.2 Å². The second-order valence-corrected chi connectivity index (χ2v) is 4.80. The number of carbonyl (C=O) groups excluding carboxylic acids is 1. The normalized spacial score (nSPS) is 13.1. The van der Waals surface area contributed by atoms with E-state index in [1.807, 2.05) is 0 Å². The van der Waals surface area contributed by atoms with Gasteiger partial charge in [-0.15, -0.1) is 0 Å². The summed E-state index contributed by atoms with van der Waals surface area (Å²) in [6.07, 6.45) is 0. The van der Waals surface area contributed by atoms with E-state index in [4.69, 9.17) is 22.5 Å². The monoisotopic (exact) mass is 301 g/mol. The number of rotatable bonds is 5. The smallest absolute Gasteiger partial charge is 0.255 e. The molecule has 0 aliphatic heterocycles. The lowest BCUT2D eigenvalue weighted by atomic mass is 10.1. The first-order chi connectivity index (χ1) is 9.40. The minimum Gasteiger partial charge on any atom is -0.409 e. The number of benzene rings is 1. The quantitative estimate of drug-likeness (QED) is 0.379. The lowest BCUT2D eigenvalue weighted by Gasteiger charge is -2.24. The first-order valence-corrected chi connectivity index (χ1v) is 6.50. The molecule has 1 atom stereocenters. The Morgan fingerprint density at radius 2 is 2.25 bits per heavy atom. The van der Waals surface area contributed by atoms with Gasteiger partial charge in [0.05, 0.1) is 10.6 Å². The number of amides is 1. The Morgan fingerprint density at radius 1 is 1.60 bits per heavy atom. The highest BCUT2D eigenvalue weighted by atomic mass is 35.5. The van der Waals surface area contributed by atoms with E-state index in [-0.39, 0.29) is 34.8 Å². The number of nitrogens with zero attached hydrogens (tertiary/aromatic N) is 2. The van der Waals surface area contributed by atoms with Crippen LogP contribution in [0.4, 0.5) is 4.39 Å². The van der Waals surface area contributed by atoms with E-state index in [1.54, 1.807) is 13.8 Å². The average molecular weight is 302 g/mol. The van der Waals surface area contributed by atoms with Crippen molar-refractivity contribution in [2.45, 2.75) is 13.8 Å². The summed E-state index contributed by atoms with van der Waals surface area (Å²) in [7, 11) is 0. The van der Waals surface area contributed by atoms with Gasteiger partial charge in [-0.2, -0.15) is 0 Å². The van der Waals surface area contributed by atoms with E-state index >= 15 is 0 Å². The van der Waals surface area contributed by atoms with Gasteiger partial charge in [-0.05, 0) is 25.1 Å². The number of carbonyl (C=O) groups is 1. The third-order valence-corrected chi connectivity index (χ3v) is 3.26. The third-order valence-electron chi connectivity index (χ3n) is 2.95. The fourth-order valence-corrected chi connectivity index (χ4v) is 1.96. The zero-order valence-corrected chi connectivity index (χ0v) is 12.1. The molecule has 1 amide bonds. The summed E-state index contributed by atoms with van der Waals surface area (Å²) < 4.78 is 13.0. The highest BCUT2D eigenvalue weighted by Gasteiger charge is 2.21. The van der Waals surface area contributed by atoms with Crippen molar-refractivity contribution in [3.05, 3.63) is 34.6 Å². The number of oxime groups is 1. The van der Waals surface area contributed by atoms with Gasteiger partial charge in [-0.3, -0.25) is 4.79 Å². The van der Waals surface area contributed by atoms with Crippen LogP contribution >= 0.6 is 11.6 Å². The molecule has 5 nitrogen and oxygen atoms in total. The fourth-order valence-electron chi connectivity index (χ4n) is 1.71. The van der Waals surface area contributed by atoms with E-state index in [9.17, 15) is 9.18 Å². The Morgan fingerprint density at radius 3 is 2.75 bits per heavy atom. The summed E-state index contributed by atoms with van der Waals surface area (Å²) in [4.78, 5) is 13.8. The molecule has 0 saturated carbocycles. The predicted molar refractivity (Wildman–Crippen MR) is 75.6 cm³/mol. The highest BCUT2D eigenvalue weighted by molar-refractivity contribution is 6.33. The molecule has 20 heavy (non-hydrogen) atoms. The maximum Gasteiger partial charge on any atom is 0.255 e. The van der Waals surface area contributed by atoms with Crippen molar-refractivity contribution in [3.63, 3.8) is 0 Å². The van der Waals surface area contributed by atoms with Gasteiger partial charge >= 0.3 is 0 Å². The zero-order chi connectivity index (χ0) is 15.3. The molecular formula is C13H17ClFN3O2. The van der Waals surface area contributed by atoms with E-state index in [2.05, 4.69) is 5.16 Å². The standard InChI is InChI=1S/C13H17ClFN3O2/c1-3-18(7-8(2)12(16)17-20)13(19)10-5-4-9(15)6-11(10)14/h4-6,8,20H,3,7H2,1-2H3,(H2,16,17). The molecule has 0 spiro atoms. The van der Waals surface area contributed by atoms with Crippen molar-refractivity contribution in [2.24, 2.45) is 16.8 Å². The number of amidine groups is 1. The molecule has 0 aromatic heterocycles. The Balaban J connectivity index is 2.92. The molecule has 1 aromatic rings. The molecule has 110 valence electrons. The molecule has 0 bridgehead atoms. The summed E-state index contributed by atoms with van der Waals surface area (Å²) in [5.41, 5.74) is 5.72. The first-order valence-electron chi connectivity index (χ1n) is 6.12. The molecule has 0 aliphatic carbocycles. The molecule has 1 rings (SSSR count). The van der Waals surface area contributed by atoms with Crippen LogP contribution in [0, 0.1) is 11.7 Å². The van der Waals surface area contributed by atoms with E-state index in [1.165, 1.54) is 17.0 Å². The number of hydrogen-bond donors (Lipinski definition) is 2. The second kappa shape index (κ2) is 7.09. The summed E-state index contributed by atoms with van der Waals surface area (Å²) >= 11 is 5.88. The third kappa shape index (κ3) is 3.84. The van der Waals surface area contributed by atoms with Gasteiger partial charge in [-0.25, -0.2) is 4.39 Å². The Hall–Kier alpha value is -1.82. The van der Waals surface area contributed by atoms with Crippen LogP contribution in [0.2, 0.25) is 5.02 Å². The number of hydrogen-bond acceptors (Lipinski definition) is 3. The van der Waals surface area contributed by atoms with E-state index in [0.29, 0.717) is 6.54 Å². The van der Waals surface area contributed by atoms with Crippen molar-refractivity contribution in [2.75, 3.05) is 13.1 Å². The van der Waals surface area contributed by atoms with Crippen LogP contribution in [-0.2, 0) is 0 Å². The summed E-state index contributed by atoms with van der Waals surface area (Å²) in [6.45, 7) is 4.24. The van der Waals surface area contributed by atoms with Crippen LogP contribution in [-0.4, -0.2) is 34.9 Å². The molecule has 3 N–H and O–H groups in total. The van der Waals surface area contributed by atoms with E-state index in [0.717, 1.165) is 6.07 Å². The van der Waals surface area contributed by atoms with Crippen molar-refractivity contribution in [3.8, 4) is 0 Å². The predicted octanol–water partition coefficient (Wildman–Crippen LogP) is 2.32. The van der Waals surface area contributed by atoms with Crippen LogP contribution < -0.4 is 5.73 Å². The van der Waals surface area contributed by atoms with Gasteiger partial charge < -0.3 is 15.8 Å². The van der Waals surface area contributed by atoms with Gasteiger partial charge in [0.2, 0.25) is 0 Å². The number of halogens is 2. The minimum absolute atomic E-state index is 0.0430. The molecule has 1 aromatic carbocycles. The largest absolute Gasteiger partial charge is 0.409 e. The van der Waals surface area contributed by atoms with Gasteiger partial charge in [0.15, 0.2) is 0 Å². The Kier molecular flexibility index (Phi) is 5.76. The SMILES string of the molecule is CCN(CC(C)C(N)=NO)C(=O)c1ccc(F)cc1Cl. The van der Waals surface area contributed by atoms with Gasteiger partial charge in [0, 0.05) is 19.0 Å². The topological polar surface area (TPSA) is 78.9 Å². The first kappa shape index (κ1) is 16.2. The van der Waals surface area contributed by atoms with Gasteiger partial charge in [0.1, 0.15) is 11.7 Å². The van der Waals surface area contributed by atoms with Gasteiger partial charge in [0.25, 0.3) is 5.91 Å². The molecule has 0 aliphatic rings. The van der Waals surface area contributed by atoms with Crippen molar-refractivity contribution < 1.29 is 14.4 Å². The maximum absolute atomic E-state index is 13.0. The van der Waals surface area contributed by atoms with E-state index < -0.39 is 5.82 Å². The Labute approximate surface area is 121 Å². The molecule has 7 heteroatoms. The van der Waals surface area contributed by atoms with Crippen LogP contribution in [0.15, 0.2) is 23.4 Å². The highest BCUT2D eigenvalue weighted by Crippen LogP contribution is 2.19. The molecule has 0 radical (unpaired) electrons. The lowest BCUT2D eigenvalue weighted by Crippen LogP contribution is -2.38. The summed E-state index contributed by atoms with van der Waals surface area (Å²) in [5, 5.41) is 11.6. The fraction of sp³-hybridized carbons (Fsp3) is 0.385. The average Bonchev–Trinajstić information content (AvgIpc) is 2.42. The molecule has 0 saturated heterocycles. The van der Waals surface area contributed by atoms with Crippen LogP contribution in [0.3, 0.4) is 0 Å². The van der Waals surface area contributed by atoms with Crippen molar-refractivity contribution >= 4 is 23.3 Å². The number of nitrogens with two attached hydrogens (primary N) is 1. The Bertz CT molecular complexity index is 522. The van der Waals surface area contributed by atoms with Gasteiger partial charge in [-0.1, -0.05) is 23.7 Å². The summed E-state index contributed by atoms with van der Waals surface area (Å²) in [5.74, 6) is -1.08. The van der Waals surface area contributed by atoms with Crippen LogP contribution in [0.25, 0.3) is 0 Å². The van der Waals surface area contributed by atoms with Crippen molar-refractivity contribution in [1.29, 1.82) is 0 Å². The molecular weight excluding hydrogens is 285 g/mol. The van der Waals surface area contributed by atoms with Crippen molar-refractivity contribution in [1.82, 2.24) is 4.90 Å².